The fraction of sp³-hybridized carbons (Fsp3) is 0. The van der Waals surface area contributed by atoms with Gasteiger partial charge in [0.2, 0.25) is 0 Å². The first-order chi connectivity index (χ1) is 41.7. The summed E-state index contributed by atoms with van der Waals surface area (Å²) < 4.78 is 0. The van der Waals surface area contributed by atoms with E-state index in [9.17, 15) is 0 Å². The van der Waals surface area contributed by atoms with Gasteiger partial charge in [-0.05, 0) is 129 Å². The molecule has 0 saturated heterocycles. The van der Waals surface area contributed by atoms with Crippen molar-refractivity contribution >= 4 is 43.8 Å². The van der Waals surface area contributed by atoms with Crippen molar-refractivity contribution in [3.63, 3.8) is 0 Å². The summed E-state index contributed by atoms with van der Waals surface area (Å²) in [4.78, 5) is 0. The van der Waals surface area contributed by atoms with E-state index in [-0.39, 0.29) is 0 Å². The van der Waals surface area contributed by atoms with Crippen LogP contribution in [0.1, 0.15) is 44.5 Å². The van der Waals surface area contributed by atoms with Crippen LogP contribution in [-0.2, 0) is 0 Å². The minimum absolute atomic E-state index is 0.607. The van der Waals surface area contributed by atoms with Crippen LogP contribution in [0.25, 0.3) is 43.8 Å². The van der Waals surface area contributed by atoms with E-state index in [0.29, 0.717) is 20.9 Å². The summed E-state index contributed by atoms with van der Waals surface area (Å²) in [6, 6.07) is 153. The zero-order chi connectivity index (χ0) is 56.8. The van der Waals surface area contributed by atoms with Gasteiger partial charge >= 0.3 is 0 Å². The molecule has 84 heavy (non-hydrogen) atoms. The van der Waals surface area contributed by atoms with Gasteiger partial charge in [-0.2, -0.15) is 0 Å². The predicted octanol–water partition coefficient (Wildman–Crippen LogP) is 14.8. The molecule has 0 saturated carbocycles. The van der Waals surface area contributed by atoms with E-state index >= 15 is 0 Å². The second-order valence-corrected chi connectivity index (χ2v) is 19.1. The maximum atomic E-state index is 3.52. The highest BCUT2D eigenvalue weighted by atomic mass is 14.1. The van der Waals surface area contributed by atoms with Crippen LogP contribution in [0.2, 0.25) is 0 Å². The summed E-state index contributed by atoms with van der Waals surface area (Å²) in [5.74, 6) is 0. The molecular formula is C84H48. The van der Waals surface area contributed by atoms with Crippen molar-refractivity contribution in [3.05, 3.63) is 454 Å². The quantitative estimate of drug-likeness (QED) is 0.142. The maximum absolute atomic E-state index is 3.52. The minimum atomic E-state index is 0.607. The molecule has 0 spiro atoms. The molecule has 0 nitrogen and oxygen atoms in total. The van der Waals surface area contributed by atoms with Crippen LogP contribution >= 0.6 is 0 Å². The molecule has 11 rings (SSSR count). The molecule has 0 fully saturated rings. The second kappa shape index (κ2) is 27.5. The maximum Gasteiger partial charge on any atom is 0.0842 e. The lowest BCUT2D eigenvalue weighted by atomic mass is 9.96. The highest BCUT2D eigenvalue weighted by Crippen LogP contribution is 2.23. The van der Waals surface area contributed by atoms with Crippen molar-refractivity contribution in [1.29, 1.82) is 0 Å². The fourth-order valence-corrected chi connectivity index (χ4v) is 9.55. The molecule has 0 aliphatic heterocycles. The van der Waals surface area contributed by atoms with Crippen molar-refractivity contribution in [2.24, 2.45) is 0 Å². The van der Waals surface area contributed by atoms with E-state index in [1.807, 2.05) is 194 Å². The molecule has 0 heterocycles. The Bertz CT molecular complexity index is 3820. The standard InChI is InChI=1S/C84H48/c1-9-35-69(36-10-1)81(70-37-11-2-12-38-70)77-51-25-26-52-78(82(71-39-13-3-14-40-71)72-41-15-4-16-42-72)60-57-67-33-30-34-68(64-67)58-62-80(84(75-47-21-7-22-48-75)76-49-23-8-24-50-76)54-28-27-53-79(61-56-66-32-29-31-65(63-66)55-59-77)83(73-43-17-5-18-44-73)74-45-19-6-20-46-74/h1-24,29-50,63-64H. The molecule has 0 aliphatic carbocycles. The van der Waals surface area contributed by atoms with Gasteiger partial charge in [-0.1, -0.05) is 303 Å². The first-order valence-electron chi connectivity index (χ1n) is 27.4. The molecule has 0 aromatic heterocycles. The Morgan fingerprint density at radius 3 is 0.488 bits per heavy atom. The predicted molar refractivity (Wildman–Crippen MR) is 339 cm³/mol. The Morgan fingerprint density at radius 2 is 0.321 bits per heavy atom. The van der Waals surface area contributed by atoms with Crippen LogP contribution < -0.4 is 20.9 Å². The fourth-order valence-electron chi connectivity index (χ4n) is 9.55. The Labute approximate surface area is 494 Å². The number of rotatable bonds is 8. The summed E-state index contributed by atoms with van der Waals surface area (Å²) in [5.41, 5.74) is 11.3. The largest absolute Gasteiger partial charge is 0.0842 e. The summed E-state index contributed by atoms with van der Waals surface area (Å²) in [6.45, 7) is 0. The van der Waals surface area contributed by atoms with Crippen LogP contribution in [0, 0.1) is 97.1 Å². The molecule has 0 unspecified atom stereocenters. The summed E-state index contributed by atoms with van der Waals surface area (Å²) in [7, 11) is 0. The van der Waals surface area contributed by atoms with E-state index in [2.05, 4.69) is 194 Å². The van der Waals surface area contributed by atoms with Crippen molar-refractivity contribution in [1.82, 2.24) is 0 Å². The topological polar surface area (TPSA) is 0 Å². The van der Waals surface area contributed by atoms with Gasteiger partial charge in [-0.15, -0.1) is 0 Å². The van der Waals surface area contributed by atoms with Gasteiger partial charge in [-0.3, -0.25) is 0 Å². The molecule has 0 radical (unpaired) electrons. The van der Waals surface area contributed by atoms with Crippen molar-refractivity contribution < 1.29 is 0 Å². The average Bonchev–Trinajstić information content (AvgIpc) is 3.75. The Hall–Kier alpha value is -12.4. The zero-order valence-electron chi connectivity index (χ0n) is 45.7. The Balaban J connectivity index is 1.27. The summed E-state index contributed by atoms with van der Waals surface area (Å²) in [5, 5.41) is 5.47. The second-order valence-electron chi connectivity index (χ2n) is 19.1. The molecule has 0 aliphatic rings. The molecule has 11 aromatic rings. The molecule has 4 bridgehead atoms. The molecule has 11 aromatic carbocycles. The lowest BCUT2D eigenvalue weighted by molar-refractivity contribution is 1.50. The van der Waals surface area contributed by atoms with E-state index in [4.69, 9.17) is 0 Å². The monoisotopic (exact) mass is 1060 g/mol. The molecule has 0 atom stereocenters. The number of hydrogen-bond acceptors (Lipinski definition) is 0. The van der Waals surface area contributed by atoms with Gasteiger partial charge in [0.05, 0.1) is 20.9 Å². The van der Waals surface area contributed by atoms with Crippen LogP contribution in [-0.4, -0.2) is 0 Å². The molecular weight excluding hydrogens is 1010 g/mol. The zero-order valence-corrected chi connectivity index (χ0v) is 45.7. The van der Waals surface area contributed by atoms with E-state index < -0.39 is 0 Å². The van der Waals surface area contributed by atoms with Crippen LogP contribution in [0.15, 0.2) is 291 Å². The van der Waals surface area contributed by atoms with Crippen molar-refractivity contribution in [2.45, 2.75) is 0 Å². The summed E-state index contributed by atoms with van der Waals surface area (Å²) >= 11 is 0. The average molecular weight is 1060 g/mol. The minimum Gasteiger partial charge on any atom is -0.0622 e. The third-order valence-corrected chi connectivity index (χ3v) is 13.4. The van der Waals surface area contributed by atoms with Crippen LogP contribution in [0.3, 0.4) is 0 Å². The molecule has 0 amide bonds. The normalized spacial score (nSPS) is 9.62. The Morgan fingerprint density at radius 1 is 0.155 bits per heavy atom. The van der Waals surface area contributed by atoms with Gasteiger partial charge in [0.15, 0.2) is 0 Å². The third-order valence-electron chi connectivity index (χ3n) is 13.4. The SMILES string of the molecule is c1c#cc(=C(c2ccccc2)c2ccccc2)c#cc2cccc(c#cc(=C(c3ccccc3)c3ccccc3)c#cc#cc(=C(c3ccccc3)c3ccccc3)c#cc3cccc(c#cc(=C(c4ccccc4)c4ccccc4)c#1)c3)c2. The van der Waals surface area contributed by atoms with E-state index in [1.165, 1.54) is 0 Å². The first kappa shape index (κ1) is 53.6. The van der Waals surface area contributed by atoms with Gasteiger partial charge < -0.3 is 0 Å². The smallest absolute Gasteiger partial charge is 0.0622 e. The number of benzene rings is 10. The molecule has 0 N–H and O–H groups in total. The van der Waals surface area contributed by atoms with Gasteiger partial charge in [-0.25, -0.2) is 0 Å². The van der Waals surface area contributed by atoms with Gasteiger partial charge in [0.1, 0.15) is 0 Å². The van der Waals surface area contributed by atoms with Gasteiger partial charge in [0, 0.05) is 43.8 Å². The first-order valence-corrected chi connectivity index (χ1v) is 27.4. The molecule has 384 valence electrons. The van der Waals surface area contributed by atoms with Crippen LogP contribution in [0.5, 0.6) is 0 Å². The van der Waals surface area contributed by atoms with E-state index in [1.54, 1.807) is 0 Å². The third kappa shape index (κ3) is 13.9. The highest BCUT2D eigenvalue weighted by Gasteiger charge is 2.09. The Kier molecular flexibility index (Phi) is 17.6. The molecule has 0 heteroatoms. The van der Waals surface area contributed by atoms with Crippen molar-refractivity contribution in [2.75, 3.05) is 0 Å². The highest BCUT2D eigenvalue weighted by molar-refractivity contribution is 5.82. The lowest BCUT2D eigenvalue weighted by Gasteiger charge is -2.06. The summed E-state index contributed by atoms with van der Waals surface area (Å²) in [6.07, 6.45) is 0. The van der Waals surface area contributed by atoms with Crippen LogP contribution in [0.4, 0.5) is 0 Å². The van der Waals surface area contributed by atoms with Crippen molar-refractivity contribution in [3.8, 4) is 0 Å². The van der Waals surface area contributed by atoms with E-state index in [0.717, 1.165) is 88.3 Å². The lowest BCUT2D eigenvalue weighted by Crippen LogP contribution is -2.05. The number of fused-ring (bicyclic) bond motifs is 4. The van der Waals surface area contributed by atoms with Gasteiger partial charge in [0.25, 0.3) is 0 Å². The number of hydrogen-bond donors (Lipinski definition) is 0.